The second kappa shape index (κ2) is 7.44. The molecular formula is C22H17N5OS. The van der Waals surface area contributed by atoms with Gasteiger partial charge in [0.15, 0.2) is 5.16 Å². The third-order valence-electron chi connectivity index (χ3n) is 4.61. The minimum atomic E-state index is -0.0805. The molecule has 0 saturated heterocycles. The van der Waals surface area contributed by atoms with Gasteiger partial charge in [-0.2, -0.15) is 0 Å². The van der Waals surface area contributed by atoms with Gasteiger partial charge in [0.1, 0.15) is 0 Å². The molecule has 6 nitrogen and oxygen atoms in total. The molecule has 2 aromatic heterocycles. The SMILES string of the molecule is O=C(CSc1n[nH]c2nc3ccccc3n12)Nc1ccc(-c2ccccc2)cc1. The molecule has 2 N–H and O–H groups in total. The molecule has 0 atom stereocenters. The fraction of sp³-hybridized carbons (Fsp3) is 0.0455. The van der Waals surface area contributed by atoms with Crippen LogP contribution in [-0.4, -0.2) is 31.2 Å². The first-order valence-corrected chi connectivity index (χ1v) is 10.2. The lowest BCUT2D eigenvalue weighted by Crippen LogP contribution is -2.14. The Kier molecular flexibility index (Phi) is 4.50. The van der Waals surface area contributed by atoms with Crippen molar-refractivity contribution in [1.29, 1.82) is 0 Å². The Morgan fingerprint density at radius 1 is 0.931 bits per heavy atom. The van der Waals surface area contributed by atoms with E-state index < -0.39 is 0 Å². The number of carbonyl (C=O) groups is 1. The van der Waals surface area contributed by atoms with E-state index in [0.717, 1.165) is 27.8 Å². The van der Waals surface area contributed by atoms with Crippen LogP contribution >= 0.6 is 11.8 Å². The number of nitrogens with one attached hydrogen (secondary N) is 2. The third-order valence-corrected chi connectivity index (χ3v) is 5.55. The Hall–Kier alpha value is -3.58. The summed E-state index contributed by atoms with van der Waals surface area (Å²) in [5, 5.41) is 10.9. The molecule has 0 aliphatic rings. The van der Waals surface area contributed by atoms with Gasteiger partial charge >= 0.3 is 0 Å². The molecule has 5 aromatic rings. The predicted octanol–water partition coefficient (Wildman–Crippen LogP) is 4.61. The Morgan fingerprint density at radius 3 is 2.48 bits per heavy atom. The van der Waals surface area contributed by atoms with Crippen molar-refractivity contribution >= 4 is 40.2 Å². The molecule has 0 bridgehead atoms. The molecule has 142 valence electrons. The van der Waals surface area contributed by atoms with Crippen LogP contribution in [0.3, 0.4) is 0 Å². The van der Waals surface area contributed by atoms with Crippen molar-refractivity contribution < 1.29 is 4.79 Å². The van der Waals surface area contributed by atoms with Crippen molar-refractivity contribution in [3.63, 3.8) is 0 Å². The number of aromatic amines is 1. The van der Waals surface area contributed by atoms with Gasteiger partial charge in [0, 0.05) is 5.69 Å². The Labute approximate surface area is 171 Å². The van der Waals surface area contributed by atoms with Crippen molar-refractivity contribution in [3.8, 4) is 11.1 Å². The lowest BCUT2D eigenvalue weighted by Gasteiger charge is -2.06. The van der Waals surface area contributed by atoms with Crippen molar-refractivity contribution in [2.75, 3.05) is 11.1 Å². The lowest BCUT2D eigenvalue weighted by atomic mass is 10.1. The number of nitrogens with zero attached hydrogens (tertiary/aromatic N) is 3. The Balaban J connectivity index is 1.26. The molecule has 0 unspecified atom stereocenters. The summed E-state index contributed by atoms with van der Waals surface area (Å²) in [4.78, 5) is 16.9. The molecular weight excluding hydrogens is 382 g/mol. The van der Waals surface area contributed by atoms with Crippen molar-refractivity contribution in [2.45, 2.75) is 5.16 Å². The van der Waals surface area contributed by atoms with Gasteiger partial charge in [-0.05, 0) is 35.4 Å². The fourth-order valence-electron chi connectivity index (χ4n) is 3.24. The topological polar surface area (TPSA) is 75.1 Å². The van der Waals surface area contributed by atoms with Crippen LogP contribution in [0.15, 0.2) is 84.0 Å². The Bertz CT molecular complexity index is 1290. The average Bonchev–Trinajstić information content (AvgIpc) is 3.33. The quantitative estimate of drug-likeness (QED) is 0.423. The summed E-state index contributed by atoms with van der Waals surface area (Å²) < 4.78 is 1.93. The molecule has 7 heteroatoms. The second-order valence-electron chi connectivity index (χ2n) is 6.55. The highest BCUT2D eigenvalue weighted by Crippen LogP contribution is 2.24. The van der Waals surface area contributed by atoms with Crippen LogP contribution in [0.1, 0.15) is 0 Å². The first-order chi connectivity index (χ1) is 14.3. The van der Waals surface area contributed by atoms with E-state index in [9.17, 15) is 4.79 Å². The molecule has 0 aliphatic carbocycles. The van der Waals surface area contributed by atoms with Crippen molar-refractivity contribution in [2.24, 2.45) is 0 Å². The standard InChI is InChI=1S/C22H17N5OS/c28-20(23-17-12-10-16(11-13-17)15-6-2-1-3-7-15)14-29-22-26-25-21-24-18-8-4-5-9-19(18)27(21)22/h1-13H,14H2,(H,23,28)(H,24,25). The summed E-state index contributed by atoms with van der Waals surface area (Å²) in [6, 6.07) is 25.9. The molecule has 29 heavy (non-hydrogen) atoms. The second-order valence-corrected chi connectivity index (χ2v) is 7.49. The van der Waals surface area contributed by atoms with E-state index in [1.165, 1.54) is 11.8 Å². The van der Waals surface area contributed by atoms with Gasteiger partial charge in [0.2, 0.25) is 11.7 Å². The van der Waals surface area contributed by atoms with E-state index in [4.69, 9.17) is 0 Å². The number of imidazole rings is 1. The molecule has 1 amide bonds. The maximum Gasteiger partial charge on any atom is 0.234 e. The third kappa shape index (κ3) is 3.48. The summed E-state index contributed by atoms with van der Waals surface area (Å²) >= 11 is 1.37. The number of hydrogen-bond donors (Lipinski definition) is 2. The van der Waals surface area contributed by atoms with Crippen LogP contribution < -0.4 is 5.32 Å². The first kappa shape index (κ1) is 17.5. The van der Waals surface area contributed by atoms with Gasteiger partial charge in [-0.3, -0.25) is 9.20 Å². The highest BCUT2D eigenvalue weighted by Gasteiger charge is 2.13. The van der Waals surface area contributed by atoms with Gasteiger partial charge in [-0.25, -0.2) is 10.1 Å². The van der Waals surface area contributed by atoms with E-state index in [1.807, 2.05) is 71.1 Å². The smallest absolute Gasteiger partial charge is 0.234 e. The average molecular weight is 399 g/mol. The number of thioether (sulfide) groups is 1. The number of para-hydroxylation sites is 2. The van der Waals surface area contributed by atoms with Crippen LogP contribution in [0.5, 0.6) is 0 Å². The van der Waals surface area contributed by atoms with E-state index in [2.05, 4.69) is 32.6 Å². The van der Waals surface area contributed by atoms with Crippen LogP contribution in [0.4, 0.5) is 5.69 Å². The van der Waals surface area contributed by atoms with Crippen LogP contribution in [0.2, 0.25) is 0 Å². The molecule has 0 spiro atoms. The van der Waals surface area contributed by atoms with E-state index >= 15 is 0 Å². The number of H-pyrrole nitrogens is 1. The molecule has 0 saturated carbocycles. The fourth-order valence-corrected chi connectivity index (χ4v) is 4.00. The van der Waals surface area contributed by atoms with E-state index in [1.54, 1.807) is 0 Å². The largest absolute Gasteiger partial charge is 0.325 e. The van der Waals surface area contributed by atoms with Crippen molar-refractivity contribution in [3.05, 3.63) is 78.9 Å². The van der Waals surface area contributed by atoms with Gasteiger partial charge in [0.25, 0.3) is 0 Å². The zero-order valence-electron chi connectivity index (χ0n) is 15.4. The molecule has 5 rings (SSSR count). The maximum absolute atomic E-state index is 12.4. The molecule has 0 fully saturated rings. The zero-order valence-corrected chi connectivity index (χ0v) is 16.2. The van der Waals surface area contributed by atoms with E-state index in [0.29, 0.717) is 10.9 Å². The van der Waals surface area contributed by atoms with Crippen LogP contribution in [0.25, 0.3) is 27.9 Å². The van der Waals surface area contributed by atoms with Crippen molar-refractivity contribution in [1.82, 2.24) is 19.6 Å². The highest BCUT2D eigenvalue weighted by atomic mass is 32.2. The molecule has 0 radical (unpaired) electrons. The summed E-state index contributed by atoms with van der Waals surface area (Å²) in [6.45, 7) is 0. The molecule has 3 aromatic carbocycles. The molecule has 2 heterocycles. The number of hydrogen-bond acceptors (Lipinski definition) is 4. The van der Waals surface area contributed by atoms with Gasteiger partial charge in [-0.1, -0.05) is 66.4 Å². The maximum atomic E-state index is 12.4. The van der Waals surface area contributed by atoms with E-state index in [-0.39, 0.29) is 11.7 Å². The monoisotopic (exact) mass is 399 g/mol. The minimum Gasteiger partial charge on any atom is -0.325 e. The predicted molar refractivity (Wildman–Crippen MR) is 116 cm³/mol. The minimum absolute atomic E-state index is 0.0805. The number of aromatic nitrogens is 4. The zero-order chi connectivity index (χ0) is 19.6. The number of fused-ring (bicyclic) bond motifs is 3. The number of anilines is 1. The van der Waals surface area contributed by atoms with Gasteiger partial charge in [-0.15, -0.1) is 5.10 Å². The summed E-state index contributed by atoms with van der Waals surface area (Å²) in [5.41, 5.74) is 4.90. The number of benzene rings is 3. The summed E-state index contributed by atoms with van der Waals surface area (Å²) in [6.07, 6.45) is 0. The van der Waals surface area contributed by atoms with Crippen LogP contribution in [0, 0.1) is 0 Å². The van der Waals surface area contributed by atoms with Gasteiger partial charge < -0.3 is 5.32 Å². The number of amides is 1. The lowest BCUT2D eigenvalue weighted by molar-refractivity contribution is -0.113. The highest BCUT2D eigenvalue weighted by molar-refractivity contribution is 7.99. The summed E-state index contributed by atoms with van der Waals surface area (Å²) in [5.74, 6) is 0.848. The normalized spacial score (nSPS) is 11.2. The number of carbonyl (C=O) groups excluding carboxylic acids is 1. The summed E-state index contributed by atoms with van der Waals surface area (Å²) in [7, 11) is 0. The first-order valence-electron chi connectivity index (χ1n) is 9.18. The van der Waals surface area contributed by atoms with Crippen LogP contribution in [-0.2, 0) is 4.79 Å². The molecule has 0 aliphatic heterocycles. The Morgan fingerprint density at radius 2 is 1.66 bits per heavy atom. The van der Waals surface area contributed by atoms with Gasteiger partial charge in [0.05, 0.1) is 16.8 Å². The number of rotatable bonds is 5.